The molecule has 0 aromatic heterocycles. The minimum absolute atomic E-state index is 0.107. The molecule has 1 rings (SSSR count). The maximum absolute atomic E-state index is 11.6. The van der Waals surface area contributed by atoms with Crippen LogP contribution in [-0.2, 0) is 0 Å². The van der Waals surface area contributed by atoms with Gasteiger partial charge in [0.25, 0.3) is 5.91 Å². The Morgan fingerprint density at radius 1 is 1.50 bits per heavy atom. The lowest BCUT2D eigenvalue weighted by Gasteiger charge is -2.11. The smallest absolute Gasteiger partial charge is 0.252 e. The van der Waals surface area contributed by atoms with Crippen molar-refractivity contribution in [1.82, 2.24) is 5.32 Å². The molecule has 76 valence electrons. The van der Waals surface area contributed by atoms with Crippen LogP contribution in [0.15, 0.2) is 24.3 Å². The first-order chi connectivity index (χ1) is 6.65. The van der Waals surface area contributed by atoms with E-state index in [1.807, 2.05) is 19.9 Å². The van der Waals surface area contributed by atoms with Crippen molar-refractivity contribution in [3.63, 3.8) is 0 Å². The highest BCUT2D eigenvalue weighted by Crippen LogP contribution is 2.14. The standard InChI is InChI=1S/C11H14ClNO/c1-3-8(2)13-11(14)9-6-4-5-7-10(9)12/h4-8H,3H2,1-2H3,(H,13,14)/t8-/m0/s1. The van der Waals surface area contributed by atoms with E-state index in [0.29, 0.717) is 10.6 Å². The number of benzene rings is 1. The number of halogens is 1. The van der Waals surface area contributed by atoms with E-state index in [2.05, 4.69) is 5.32 Å². The molecule has 0 aliphatic heterocycles. The maximum Gasteiger partial charge on any atom is 0.252 e. The van der Waals surface area contributed by atoms with E-state index in [-0.39, 0.29) is 11.9 Å². The summed E-state index contributed by atoms with van der Waals surface area (Å²) >= 11 is 5.88. The molecule has 0 bridgehead atoms. The summed E-state index contributed by atoms with van der Waals surface area (Å²) < 4.78 is 0. The first kappa shape index (κ1) is 11.1. The average Bonchev–Trinajstić information content (AvgIpc) is 2.18. The Labute approximate surface area is 89.3 Å². The minimum Gasteiger partial charge on any atom is -0.350 e. The van der Waals surface area contributed by atoms with Crippen LogP contribution in [0, 0.1) is 0 Å². The predicted octanol–water partition coefficient (Wildman–Crippen LogP) is 2.87. The third-order valence-electron chi connectivity index (χ3n) is 2.11. The van der Waals surface area contributed by atoms with Crippen molar-refractivity contribution in [2.45, 2.75) is 26.3 Å². The zero-order valence-corrected chi connectivity index (χ0v) is 9.14. The van der Waals surface area contributed by atoms with Gasteiger partial charge in [-0.05, 0) is 25.5 Å². The van der Waals surface area contributed by atoms with E-state index in [9.17, 15) is 4.79 Å². The summed E-state index contributed by atoms with van der Waals surface area (Å²) in [6.45, 7) is 3.99. The van der Waals surface area contributed by atoms with Gasteiger partial charge in [-0.2, -0.15) is 0 Å². The lowest BCUT2D eigenvalue weighted by atomic mass is 10.2. The molecular weight excluding hydrogens is 198 g/mol. The highest BCUT2D eigenvalue weighted by Gasteiger charge is 2.10. The first-order valence-corrected chi connectivity index (χ1v) is 5.08. The highest BCUT2D eigenvalue weighted by atomic mass is 35.5. The number of hydrogen-bond donors (Lipinski definition) is 1. The number of carbonyl (C=O) groups excluding carboxylic acids is 1. The van der Waals surface area contributed by atoms with Crippen LogP contribution in [0.1, 0.15) is 30.6 Å². The summed E-state index contributed by atoms with van der Waals surface area (Å²) in [5.41, 5.74) is 0.537. The molecule has 14 heavy (non-hydrogen) atoms. The molecule has 0 spiro atoms. The van der Waals surface area contributed by atoms with Crippen molar-refractivity contribution in [3.05, 3.63) is 34.9 Å². The maximum atomic E-state index is 11.6. The Kier molecular flexibility index (Phi) is 3.96. The molecule has 2 nitrogen and oxygen atoms in total. The van der Waals surface area contributed by atoms with E-state index in [1.54, 1.807) is 18.2 Å². The second-order valence-corrected chi connectivity index (χ2v) is 3.67. The fourth-order valence-corrected chi connectivity index (χ4v) is 1.27. The predicted molar refractivity (Wildman–Crippen MR) is 58.7 cm³/mol. The van der Waals surface area contributed by atoms with Gasteiger partial charge in [0.1, 0.15) is 0 Å². The summed E-state index contributed by atoms with van der Waals surface area (Å²) in [6.07, 6.45) is 0.913. The summed E-state index contributed by atoms with van der Waals surface area (Å²) in [5.74, 6) is -0.107. The molecule has 1 atom stereocenters. The number of hydrogen-bond acceptors (Lipinski definition) is 1. The SMILES string of the molecule is CC[C@H](C)NC(=O)c1ccccc1Cl. The molecule has 0 fully saturated rings. The van der Waals surface area contributed by atoms with Gasteiger partial charge < -0.3 is 5.32 Å². The summed E-state index contributed by atoms with van der Waals surface area (Å²) in [5, 5.41) is 3.36. The molecular formula is C11H14ClNO. The monoisotopic (exact) mass is 211 g/mol. The van der Waals surface area contributed by atoms with Gasteiger partial charge in [0.2, 0.25) is 0 Å². The fourth-order valence-electron chi connectivity index (χ4n) is 1.05. The van der Waals surface area contributed by atoms with Crippen LogP contribution in [0.3, 0.4) is 0 Å². The summed E-state index contributed by atoms with van der Waals surface area (Å²) in [6, 6.07) is 7.23. The van der Waals surface area contributed by atoms with Crippen LogP contribution in [-0.4, -0.2) is 11.9 Å². The van der Waals surface area contributed by atoms with Crippen LogP contribution in [0.25, 0.3) is 0 Å². The lowest BCUT2D eigenvalue weighted by molar-refractivity contribution is 0.0939. The fraction of sp³-hybridized carbons (Fsp3) is 0.364. The minimum atomic E-state index is -0.107. The topological polar surface area (TPSA) is 29.1 Å². The van der Waals surface area contributed by atoms with Crippen molar-refractivity contribution >= 4 is 17.5 Å². The van der Waals surface area contributed by atoms with Gasteiger partial charge in [0, 0.05) is 6.04 Å². The van der Waals surface area contributed by atoms with E-state index >= 15 is 0 Å². The number of nitrogens with one attached hydrogen (secondary N) is 1. The Balaban J connectivity index is 2.75. The molecule has 1 aromatic carbocycles. The first-order valence-electron chi connectivity index (χ1n) is 4.70. The van der Waals surface area contributed by atoms with Gasteiger partial charge in [0.15, 0.2) is 0 Å². The van der Waals surface area contributed by atoms with Crippen molar-refractivity contribution in [1.29, 1.82) is 0 Å². The molecule has 0 aliphatic carbocycles. The van der Waals surface area contributed by atoms with Gasteiger partial charge in [-0.3, -0.25) is 4.79 Å². The lowest BCUT2D eigenvalue weighted by Crippen LogP contribution is -2.32. The Morgan fingerprint density at radius 2 is 2.14 bits per heavy atom. The van der Waals surface area contributed by atoms with Crippen molar-refractivity contribution in [2.75, 3.05) is 0 Å². The van der Waals surface area contributed by atoms with Crippen molar-refractivity contribution in [3.8, 4) is 0 Å². The quantitative estimate of drug-likeness (QED) is 0.819. The largest absolute Gasteiger partial charge is 0.350 e. The normalized spacial score (nSPS) is 12.2. The number of carbonyl (C=O) groups is 1. The molecule has 0 aliphatic rings. The molecule has 0 saturated heterocycles. The van der Waals surface area contributed by atoms with Crippen LogP contribution >= 0.6 is 11.6 Å². The number of amides is 1. The Morgan fingerprint density at radius 3 is 2.71 bits per heavy atom. The molecule has 0 heterocycles. The summed E-state index contributed by atoms with van der Waals surface area (Å²) in [4.78, 5) is 11.6. The Hall–Kier alpha value is -1.02. The molecule has 3 heteroatoms. The van der Waals surface area contributed by atoms with Crippen molar-refractivity contribution < 1.29 is 4.79 Å². The van der Waals surface area contributed by atoms with Gasteiger partial charge in [-0.1, -0.05) is 30.7 Å². The van der Waals surface area contributed by atoms with Gasteiger partial charge >= 0.3 is 0 Å². The zero-order chi connectivity index (χ0) is 10.6. The van der Waals surface area contributed by atoms with Gasteiger partial charge in [-0.25, -0.2) is 0 Å². The summed E-state index contributed by atoms with van der Waals surface area (Å²) in [7, 11) is 0. The molecule has 0 radical (unpaired) electrons. The van der Waals surface area contributed by atoms with E-state index in [4.69, 9.17) is 11.6 Å². The molecule has 1 N–H and O–H groups in total. The third kappa shape index (κ3) is 2.74. The Bertz CT molecular complexity index is 325. The van der Waals surface area contributed by atoms with E-state index in [0.717, 1.165) is 6.42 Å². The van der Waals surface area contributed by atoms with E-state index in [1.165, 1.54) is 0 Å². The molecule has 1 aromatic rings. The van der Waals surface area contributed by atoms with E-state index < -0.39 is 0 Å². The second-order valence-electron chi connectivity index (χ2n) is 3.26. The average molecular weight is 212 g/mol. The third-order valence-corrected chi connectivity index (χ3v) is 2.44. The van der Waals surface area contributed by atoms with Gasteiger partial charge in [-0.15, -0.1) is 0 Å². The van der Waals surface area contributed by atoms with Crippen LogP contribution < -0.4 is 5.32 Å². The van der Waals surface area contributed by atoms with Crippen LogP contribution in [0.2, 0.25) is 5.02 Å². The molecule has 0 saturated carbocycles. The molecule has 1 amide bonds. The zero-order valence-electron chi connectivity index (χ0n) is 8.38. The highest BCUT2D eigenvalue weighted by molar-refractivity contribution is 6.33. The van der Waals surface area contributed by atoms with Crippen LogP contribution in [0.4, 0.5) is 0 Å². The van der Waals surface area contributed by atoms with Crippen molar-refractivity contribution in [2.24, 2.45) is 0 Å². The van der Waals surface area contributed by atoms with Gasteiger partial charge in [0.05, 0.1) is 10.6 Å². The molecule has 0 unspecified atom stereocenters. The second kappa shape index (κ2) is 5.01. The van der Waals surface area contributed by atoms with Crippen LogP contribution in [0.5, 0.6) is 0 Å². The number of rotatable bonds is 3.